The topological polar surface area (TPSA) is 92.5 Å². The molecule has 0 atom stereocenters. The summed E-state index contributed by atoms with van der Waals surface area (Å²) in [6, 6.07) is 2.53. The number of aryl methyl sites for hydroxylation is 1. The van der Waals surface area contributed by atoms with E-state index in [1.54, 1.807) is 13.8 Å². The van der Waals surface area contributed by atoms with Crippen molar-refractivity contribution < 1.29 is 13.3 Å². The molecule has 0 aliphatic carbocycles. The van der Waals surface area contributed by atoms with Crippen molar-refractivity contribution in [2.75, 3.05) is 26.2 Å². The van der Waals surface area contributed by atoms with E-state index in [1.807, 2.05) is 0 Å². The van der Waals surface area contributed by atoms with Gasteiger partial charge in [-0.1, -0.05) is 6.92 Å². The highest BCUT2D eigenvalue weighted by Crippen LogP contribution is 2.25. The number of sulfonamides is 1. The number of benzene rings is 1. The number of hydrogen-bond acceptors (Lipinski definition) is 5. The molecule has 7 nitrogen and oxygen atoms in total. The highest BCUT2D eigenvalue weighted by atomic mass is 35.5. The highest BCUT2D eigenvalue weighted by Gasteiger charge is 2.22. The average molecular weight is 406 g/mol. The summed E-state index contributed by atoms with van der Waals surface area (Å²) < 4.78 is 27.6. The van der Waals surface area contributed by atoms with Gasteiger partial charge in [-0.15, -0.1) is 12.4 Å². The van der Waals surface area contributed by atoms with Crippen LogP contribution >= 0.6 is 12.4 Å². The van der Waals surface area contributed by atoms with Crippen LogP contribution in [-0.4, -0.2) is 44.4 Å². The first-order chi connectivity index (χ1) is 11.7. The van der Waals surface area contributed by atoms with Gasteiger partial charge in [0.2, 0.25) is 10.0 Å². The van der Waals surface area contributed by atoms with Gasteiger partial charge < -0.3 is 4.90 Å². The Morgan fingerprint density at radius 3 is 2.46 bits per heavy atom. The molecule has 0 bridgehead atoms. The molecule has 1 aromatic carbocycles. The zero-order valence-electron chi connectivity index (χ0n) is 15.5. The van der Waals surface area contributed by atoms with Crippen LogP contribution in [0.4, 0.5) is 5.69 Å². The minimum absolute atomic E-state index is 0. The lowest BCUT2D eigenvalue weighted by Gasteiger charge is -2.30. The van der Waals surface area contributed by atoms with E-state index in [2.05, 4.69) is 16.5 Å². The number of nitro groups is 1. The van der Waals surface area contributed by atoms with Gasteiger partial charge in [-0.25, -0.2) is 13.1 Å². The number of piperidine rings is 1. The predicted octanol–water partition coefficient (Wildman–Crippen LogP) is 3.03. The molecule has 0 radical (unpaired) electrons. The Morgan fingerprint density at radius 1 is 1.27 bits per heavy atom. The number of nitrogens with one attached hydrogen (secondary N) is 1. The molecule has 1 aliphatic heterocycles. The molecule has 2 rings (SSSR count). The van der Waals surface area contributed by atoms with Crippen molar-refractivity contribution in [2.24, 2.45) is 5.92 Å². The monoisotopic (exact) mass is 405 g/mol. The van der Waals surface area contributed by atoms with Gasteiger partial charge in [0.1, 0.15) is 0 Å². The first-order valence-corrected chi connectivity index (χ1v) is 10.2. The molecule has 1 heterocycles. The summed E-state index contributed by atoms with van der Waals surface area (Å²) in [4.78, 5) is 12.8. The molecule has 0 saturated carbocycles. The number of nitro benzene ring substituents is 1. The van der Waals surface area contributed by atoms with Crippen LogP contribution in [0.15, 0.2) is 17.0 Å². The summed E-state index contributed by atoms with van der Waals surface area (Å²) in [7, 11) is -3.75. The second-order valence-electron chi connectivity index (χ2n) is 6.92. The molecule has 9 heteroatoms. The Labute approximate surface area is 161 Å². The van der Waals surface area contributed by atoms with Crippen molar-refractivity contribution in [2.45, 2.75) is 44.9 Å². The van der Waals surface area contributed by atoms with Gasteiger partial charge in [-0.3, -0.25) is 10.1 Å². The number of rotatable bonds is 7. The minimum atomic E-state index is -3.75. The summed E-state index contributed by atoms with van der Waals surface area (Å²) >= 11 is 0. The zero-order valence-corrected chi connectivity index (χ0v) is 17.2. The smallest absolute Gasteiger partial charge is 0.271 e. The second-order valence-corrected chi connectivity index (χ2v) is 8.65. The lowest BCUT2D eigenvalue weighted by molar-refractivity contribution is -0.385. The summed E-state index contributed by atoms with van der Waals surface area (Å²) in [5.41, 5.74) is 0.936. The minimum Gasteiger partial charge on any atom is -0.303 e. The van der Waals surface area contributed by atoms with Gasteiger partial charge in [0.25, 0.3) is 5.69 Å². The molecule has 0 aromatic heterocycles. The zero-order chi connectivity index (χ0) is 18.6. The first-order valence-electron chi connectivity index (χ1n) is 8.68. The quantitative estimate of drug-likeness (QED) is 0.427. The van der Waals surface area contributed by atoms with Gasteiger partial charge in [0.15, 0.2) is 0 Å². The summed E-state index contributed by atoms with van der Waals surface area (Å²) in [6.45, 7) is 8.93. The van der Waals surface area contributed by atoms with Gasteiger partial charge in [-0.2, -0.15) is 0 Å². The Bertz CT molecular complexity index is 732. The second kappa shape index (κ2) is 9.64. The normalized spacial score (nSPS) is 16.3. The third-order valence-electron chi connectivity index (χ3n) is 4.92. The molecule has 0 spiro atoms. The van der Waals surface area contributed by atoms with Crippen molar-refractivity contribution in [3.05, 3.63) is 33.4 Å². The standard InChI is InChI=1S/C17H27N3O4S.ClH/c1-13-5-9-19(10-6-13)8-4-7-18-25(23,24)17-12-16(20(21)22)11-14(2)15(17)3;/h11-13,18H,4-10H2,1-3H3;1H. The van der Waals surface area contributed by atoms with E-state index < -0.39 is 14.9 Å². The van der Waals surface area contributed by atoms with Crippen molar-refractivity contribution >= 4 is 28.1 Å². The summed E-state index contributed by atoms with van der Waals surface area (Å²) in [5.74, 6) is 0.773. The maximum atomic E-state index is 12.5. The predicted molar refractivity (Wildman–Crippen MR) is 104 cm³/mol. The van der Waals surface area contributed by atoms with Crippen LogP contribution in [0.5, 0.6) is 0 Å². The number of non-ortho nitro benzene ring substituents is 1. The van der Waals surface area contributed by atoms with Crippen molar-refractivity contribution in [3.63, 3.8) is 0 Å². The molecule has 1 aromatic rings. The lowest BCUT2D eigenvalue weighted by Crippen LogP contribution is -2.35. The maximum absolute atomic E-state index is 12.5. The Hall–Kier alpha value is -1.22. The fourth-order valence-corrected chi connectivity index (χ4v) is 4.47. The summed E-state index contributed by atoms with van der Waals surface area (Å²) in [5, 5.41) is 11.0. The SMILES string of the molecule is Cc1cc([N+](=O)[O-])cc(S(=O)(=O)NCCCN2CCC(C)CC2)c1C.Cl. The van der Waals surface area contributed by atoms with E-state index in [9.17, 15) is 18.5 Å². The molecule has 0 unspecified atom stereocenters. The Balaban J connectivity index is 0.00000338. The van der Waals surface area contributed by atoms with E-state index in [0.29, 0.717) is 17.7 Å². The number of likely N-dealkylation sites (tertiary alicyclic amines) is 1. The van der Waals surface area contributed by atoms with Gasteiger partial charge in [0.05, 0.1) is 9.82 Å². The molecule has 148 valence electrons. The lowest BCUT2D eigenvalue weighted by atomic mass is 9.99. The Kier molecular flexibility index (Phi) is 8.46. The van der Waals surface area contributed by atoms with Crippen LogP contribution in [0.1, 0.15) is 37.3 Å². The van der Waals surface area contributed by atoms with Gasteiger partial charge >= 0.3 is 0 Å². The van der Waals surface area contributed by atoms with E-state index >= 15 is 0 Å². The fraction of sp³-hybridized carbons (Fsp3) is 0.647. The summed E-state index contributed by atoms with van der Waals surface area (Å²) in [6.07, 6.45) is 3.11. The molecule has 26 heavy (non-hydrogen) atoms. The maximum Gasteiger partial charge on any atom is 0.271 e. The number of halogens is 1. The highest BCUT2D eigenvalue weighted by molar-refractivity contribution is 7.89. The van der Waals surface area contributed by atoms with E-state index in [1.165, 1.54) is 18.9 Å². The fourth-order valence-electron chi connectivity index (χ4n) is 3.07. The molecule has 0 amide bonds. The largest absolute Gasteiger partial charge is 0.303 e. The van der Waals surface area contributed by atoms with Crippen LogP contribution in [-0.2, 0) is 10.0 Å². The van der Waals surface area contributed by atoms with Crippen LogP contribution in [0.3, 0.4) is 0 Å². The third kappa shape index (κ3) is 5.90. The first kappa shape index (κ1) is 22.8. The molecule has 1 aliphatic rings. The van der Waals surface area contributed by atoms with E-state index in [0.717, 1.165) is 38.0 Å². The molecular weight excluding hydrogens is 378 g/mol. The van der Waals surface area contributed by atoms with E-state index in [4.69, 9.17) is 0 Å². The van der Waals surface area contributed by atoms with Crippen LogP contribution in [0, 0.1) is 29.9 Å². The van der Waals surface area contributed by atoms with Crippen LogP contribution < -0.4 is 4.72 Å². The van der Waals surface area contributed by atoms with Gasteiger partial charge in [-0.05, 0) is 69.8 Å². The van der Waals surface area contributed by atoms with Crippen molar-refractivity contribution in [1.82, 2.24) is 9.62 Å². The van der Waals surface area contributed by atoms with E-state index in [-0.39, 0.29) is 23.0 Å². The number of nitrogens with zero attached hydrogens (tertiary/aromatic N) is 2. The molecular formula is C17H28ClN3O4S. The van der Waals surface area contributed by atoms with Crippen molar-refractivity contribution in [1.29, 1.82) is 0 Å². The molecule has 1 N–H and O–H groups in total. The van der Waals surface area contributed by atoms with Crippen molar-refractivity contribution in [3.8, 4) is 0 Å². The third-order valence-corrected chi connectivity index (χ3v) is 6.51. The van der Waals surface area contributed by atoms with Gasteiger partial charge in [0, 0.05) is 18.7 Å². The van der Waals surface area contributed by atoms with Crippen LogP contribution in [0.25, 0.3) is 0 Å². The molecule has 1 saturated heterocycles. The number of hydrogen-bond donors (Lipinski definition) is 1. The molecule has 1 fully saturated rings. The Morgan fingerprint density at radius 2 is 1.88 bits per heavy atom. The van der Waals surface area contributed by atoms with Crippen LogP contribution in [0.2, 0.25) is 0 Å². The average Bonchev–Trinajstić information content (AvgIpc) is 2.55.